The molecule has 4 nitrogen and oxygen atoms in total. The van der Waals surface area contributed by atoms with E-state index in [0.717, 1.165) is 33.9 Å². The molecule has 0 radical (unpaired) electrons. The molecular formula is C25H23NO3. The van der Waals surface area contributed by atoms with Gasteiger partial charge in [0.2, 0.25) is 0 Å². The number of nitrogens with zero attached hydrogens (tertiary/aromatic N) is 1. The first-order valence-electron chi connectivity index (χ1n) is 9.89. The SMILES string of the molecule is O=C(O)CCc1ccc(C2=CCN(C(=O)c3cccc4ccccc34)CC2)cc1. The number of amides is 1. The van der Waals surface area contributed by atoms with Crippen molar-refractivity contribution in [2.24, 2.45) is 0 Å². The highest BCUT2D eigenvalue weighted by Crippen LogP contribution is 2.26. The number of carbonyl (C=O) groups is 2. The van der Waals surface area contributed by atoms with Crippen LogP contribution in [0.3, 0.4) is 0 Å². The van der Waals surface area contributed by atoms with Crippen LogP contribution >= 0.6 is 0 Å². The maximum absolute atomic E-state index is 13.1. The standard InChI is InChI=1S/C25H23NO3/c27-24(28)13-10-18-8-11-19(12-9-18)20-14-16-26(17-15-20)25(29)23-7-3-5-21-4-1-2-6-22(21)23/h1-9,11-12,14H,10,13,15-17H2,(H,27,28). The number of carboxylic acids is 1. The van der Waals surface area contributed by atoms with Gasteiger partial charge in [0.15, 0.2) is 0 Å². The quantitative estimate of drug-likeness (QED) is 0.687. The Labute approximate surface area is 170 Å². The minimum Gasteiger partial charge on any atom is -0.481 e. The van der Waals surface area contributed by atoms with E-state index >= 15 is 0 Å². The predicted molar refractivity (Wildman–Crippen MR) is 115 cm³/mol. The van der Waals surface area contributed by atoms with Crippen molar-refractivity contribution in [2.75, 3.05) is 13.1 Å². The number of aliphatic carboxylic acids is 1. The topological polar surface area (TPSA) is 57.6 Å². The molecule has 29 heavy (non-hydrogen) atoms. The fraction of sp³-hybridized carbons (Fsp3) is 0.200. The molecule has 0 saturated heterocycles. The Morgan fingerprint density at radius 1 is 0.931 bits per heavy atom. The van der Waals surface area contributed by atoms with Gasteiger partial charge in [-0.15, -0.1) is 0 Å². The van der Waals surface area contributed by atoms with E-state index in [1.165, 1.54) is 5.57 Å². The fourth-order valence-corrected chi connectivity index (χ4v) is 3.83. The first-order valence-corrected chi connectivity index (χ1v) is 9.89. The molecule has 0 spiro atoms. The van der Waals surface area contributed by atoms with Crippen LogP contribution in [0.25, 0.3) is 16.3 Å². The van der Waals surface area contributed by atoms with E-state index in [1.807, 2.05) is 71.6 Å². The van der Waals surface area contributed by atoms with E-state index < -0.39 is 5.97 Å². The minimum absolute atomic E-state index is 0.0705. The van der Waals surface area contributed by atoms with Crippen molar-refractivity contribution in [1.82, 2.24) is 4.90 Å². The predicted octanol–water partition coefficient (Wildman–Crippen LogP) is 4.79. The highest BCUT2D eigenvalue weighted by atomic mass is 16.4. The van der Waals surface area contributed by atoms with Gasteiger partial charge in [0, 0.05) is 25.1 Å². The summed E-state index contributed by atoms with van der Waals surface area (Å²) in [5.74, 6) is -0.707. The summed E-state index contributed by atoms with van der Waals surface area (Å²) >= 11 is 0. The van der Waals surface area contributed by atoms with Gasteiger partial charge < -0.3 is 10.0 Å². The van der Waals surface area contributed by atoms with Gasteiger partial charge in [-0.2, -0.15) is 0 Å². The number of carboxylic acid groups (broad SMARTS) is 1. The molecule has 4 heteroatoms. The van der Waals surface area contributed by atoms with E-state index in [1.54, 1.807) is 0 Å². The van der Waals surface area contributed by atoms with Crippen LogP contribution in [-0.4, -0.2) is 35.0 Å². The number of hydrogen-bond acceptors (Lipinski definition) is 2. The summed E-state index contributed by atoms with van der Waals surface area (Å²) < 4.78 is 0. The highest BCUT2D eigenvalue weighted by Gasteiger charge is 2.20. The van der Waals surface area contributed by atoms with Crippen molar-refractivity contribution in [3.05, 3.63) is 89.5 Å². The first kappa shape index (κ1) is 18.9. The van der Waals surface area contributed by atoms with Gasteiger partial charge in [-0.1, -0.05) is 66.7 Å². The highest BCUT2D eigenvalue weighted by molar-refractivity contribution is 6.07. The van der Waals surface area contributed by atoms with E-state index in [9.17, 15) is 9.59 Å². The zero-order chi connectivity index (χ0) is 20.2. The third-order valence-electron chi connectivity index (χ3n) is 5.47. The molecule has 0 aromatic heterocycles. The molecule has 1 aliphatic rings. The Kier molecular flexibility index (Phi) is 5.43. The second-order valence-electron chi connectivity index (χ2n) is 7.35. The molecule has 1 heterocycles. The number of carbonyl (C=O) groups excluding carboxylic acids is 1. The zero-order valence-electron chi connectivity index (χ0n) is 16.2. The van der Waals surface area contributed by atoms with Crippen molar-refractivity contribution in [3.8, 4) is 0 Å². The number of fused-ring (bicyclic) bond motifs is 1. The van der Waals surface area contributed by atoms with Crippen LogP contribution in [0.5, 0.6) is 0 Å². The molecule has 3 aromatic rings. The van der Waals surface area contributed by atoms with E-state index in [0.29, 0.717) is 19.5 Å². The van der Waals surface area contributed by atoms with Gasteiger partial charge in [-0.25, -0.2) is 0 Å². The maximum atomic E-state index is 13.1. The van der Waals surface area contributed by atoms with E-state index in [-0.39, 0.29) is 12.3 Å². The molecule has 0 fully saturated rings. The van der Waals surface area contributed by atoms with Gasteiger partial charge in [0.25, 0.3) is 5.91 Å². The summed E-state index contributed by atoms with van der Waals surface area (Å²) in [6.45, 7) is 1.28. The molecular weight excluding hydrogens is 362 g/mol. The lowest BCUT2D eigenvalue weighted by Gasteiger charge is -2.27. The van der Waals surface area contributed by atoms with Crippen LogP contribution in [0.15, 0.2) is 72.8 Å². The Morgan fingerprint density at radius 3 is 2.41 bits per heavy atom. The average molecular weight is 385 g/mol. The van der Waals surface area contributed by atoms with Crippen LogP contribution in [-0.2, 0) is 11.2 Å². The summed E-state index contributed by atoms with van der Waals surface area (Å²) in [5, 5.41) is 10.9. The molecule has 1 aliphatic heterocycles. The third kappa shape index (κ3) is 4.21. The van der Waals surface area contributed by atoms with Gasteiger partial charge in [0.1, 0.15) is 0 Å². The number of aryl methyl sites for hydroxylation is 1. The molecule has 1 N–H and O–H groups in total. The van der Waals surface area contributed by atoms with E-state index in [2.05, 4.69) is 6.08 Å². The van der Waals surface area contributed by atoms with Gasteiger partial charge in [0.05, 0.1) is 0 Å². The maximum Gasteiger partial charge on any atom is 0.303 e. The Bertz CT molecular complexity index is 1080. The summed E-state index contributed by atoms with van der Waals surface area (Å²) in [6.07, 6.45) is 3.62. The molecule has 0 atom stereocenters. The summed E-state index contributed by atoms with van der Waals surface area (Å²) in [5.41, 5.74) is 4.15. The van der Waals surface area contributed by atoms with Crippen LogP contribution in [0.1, 0.15) is 34.3 Å². The van der Waals surface area contributed by atoms with Crippen molar-refractivity contribution < 1.29 is 14.7 Å². The van der Waals surface area contributed by atoms with Gasteiger partial charge >= 0.3 is 5.97 Å². The third-order valence-corrected chi connectivity index (χ3v) is 5.47. The van der Waals surface area contributed by atoms with Crippen molar-refractivity contribution in [1.29, 1.82) is 0 Å². The molecule has 4 rings (SSSR count). The molecule has 0 aliphatic carbocycles. The van der Waals surface area contributed by atoms with Crippen molar-refractivity contribution in [3.63, 3.8) is 0 Å². The molecule has 0 saturated carbocycles. The Balaban J connectivity index is 1.46. The number of benzene rings is 3. The lowest BCUT2D eigenvalue weighted by atomic mass is 9.96. The van der Waals surface area contributed by atoms with E-state index in [4.69, 9.17) is 5.11 Å². The molecule has 0 bridgehead atoms. The lowest BCUT2D eigenvalue weighted by Crippen LogP contribution is -2.34. The van der Waals surface area contributed by atoms with Crippen LogP contribution in [0.4, 0.5) is 0 Å². The fourth-order valence-electron chi connectivity index (χ4n) is 3.83. The average Bonchev–Trinajstić information content (AvgIpc) is 2.77. The van der Waals surface area contributed by atoms with Crippen molar-refractivity contribution >= 4 is 28.2 Å². The normalized spacial score (nSPS) is 13.9. The van der Waals surface area contributed by atoms with Gasteiger partial charge in [-0.3, -0.25) is 9.59 Å². The van der Waals surface area contributed by atoms with Crippen LogP contribution < -0.4 is 0 Å². The lowest BCUT2D eigenvalue weighted by molar-refractivity contribution is -0.136. The smallest absolute Gasteiger partial charge is 0.303 e. The zero-order valence-corrected chi connectivity index (χ0v) is 16.2. The van der Waals surface area contributed by atoms with Crippen molar-refractivity contribution in [2.45, 2.75) is 19.3 Å². The molecule has 1 amide bonds. The minimum atomic E-state index is -0.778. The molecule has 0 unspecified atom stereocenters. The second-order valence-corrected chi connectivity index (χ2v) is 7.35. The largest absolute Gasteiger partial charge is 0.481 e. The van der Waals surface area contributed by atoms with Gasteiger partial charge in [-0.05, 0) is 46.4 Å². The van der Waals surface area contributed by atoms with Crippen LogP contribution in [0, 0.1) is 0 Å². The number of hydrogen-bond donors (Lipinski definition) is 1. The summed E-state index contributed by atoms with van der Waals surface area (Å²) in [4.78, 5) is 25.7. The monoisotopic (exact) mass is 385 g/mol. The summed E-state index contributed by atoms with van der Waals surface area (Å²) in [6, 6.07) is 21.9. The molecule has 3 aromatic carbocycles. The van der Waals surface area contributed by atoms with Crippen LogP contribution in [0.2, 0.25) is 0 Å². The second kappa shape index (κ2) is 8.31. The number of rotatable bonds is 5. The Hall–Kier alpha value is -3.40. The molecule has 146 valence electrons. The summed E-state index contributed by atoms with van der Waals surface area (Å²) in [7, 11) is 0. The Morgan fingerprint density at radius 2 is 1.69 bits per heavy atom. The first-order chi connectivity index (χ1) is 14.1.